The Morgan fingerprint density at radius 1 is 1.04 bits per heavy atom. The molecule has 0 atom stereocenters. The van der Waals surface area contributed by atoms with Gasteiger partial charge in [-0.2, -0.15) is 0 Å². The lowest BCUT2D eigenvalue weighted by molar-refractivity contribution is -0.116. The van der Waals surface area contributed by atoms with Crippen LogP contribution in [0.3, 0.4) is 0 Å². The van der Waals surface area contributed by atoms with Crippen LogP contribution in [-0.4, -0.2) is 25.1 Å². The first kappa shape index (κ1) is 18.5. The minimum atomic E-state index is -0.373. The first-order valence-corrected chi connectivity index (χ1v) is 8.27. The van der Waals surface area contributed by atoms with Crippen LogP contribution in [0.4, 0.5) is 5.69 Å². The van der Waals surface area contributed by atoms with E-state index >= 15 is 0 Å². The van der Waals surface area contributed by atoms with E-state index in [4.69, 9.17) is 9.47 Å². The Balaban J connectivity index is 1.82. The van der Waals surface area contributed by atoms with Crippen LogP contribution in [-0.2, 0) is 9.53 Å². The minimum Gasteiger partial charge on any atom is -0.493 e. The fourth-order valence-corrected chi connectivity index (χ4v) is 2.26. The van der Waals surface area contributed by atoms with Crippen molar-refractivity contribution >= 4 is 17.6 Å². The van der Waals surface area contributed by atoms with Crippen molar-refractivity contribution in [3.8, 4) is 5.75 Å². The number of esters is 1. The molecule has 0 aromatic heterocycles. The molecule has 1 amide bonds. The molecule has 2 rings (SSSR count). The summed E-state index contributed by atoms with van der Waals surface area (Å²) in [6, 6.07) is 12.5. The van der Waals surface area contributed by atoms with Gasteiger partial charge in [0.25, 0.3) is 0 Å². The summed E-state index contributed by atoms with van der Waals surface area (Å²) < 4.78 is 10.6. The number of rotatable bonds is 7. The molecule has 0 saturated heterocycles. The molecule has 2 aromatic rings. The topological polar surface area (TPSA) is 64.6 Å². The van der Waals surface area contributed by atoms with Crippen LogP contribution >= 0.6 is 0 Å². The lowest BCUT2D eigenvalue weighted by atomic mass is 10.1. The van der Waals surface area contributed by atoms with Gasteiger partial charge in [0.15, 0.2) is 0 Å². The molecule has 5 nitrogen and oxygen atoms in total. The molecule has 0 unspecified atom stereocenters. The number of hydrogen-bond acceptors (Lipinski definition) is 4. The Morgan fingerprint density at radius 3 is 2.44 bits per heavy atom. The van der Waals surface area contributed by atoms with E-state index in [2.05, 4.69) is 5.32 Å². The summed E-state index contributed by atoms with van der Waals surface area (Å²) in [5.41, 5.74) is 3.32. The Labute approximate surface area is 148 Å². The molecule has 0 bridgehead atoms. The number of benzene rings is 2. The normalized spacial score (nSPS) is 10.2. The number of hydrogen-bond donors (Lipinski definition) is 1. The van der Waals surface area contributed by atoms with Gasteiger partial charge in [0.1, 0.15) is 5.75 Å². The molecule has 0 fully saturated rings. The molecule has 25 heavy (non-hydrogen) atoms. The van der Waals surface area contributed by atoms with E-state index < -0.39 is 0 Å². The first-order valence-electron chi connectivity index (χ1n) is 8.27. The number of anilines is 1. The summed E-state index contributed by atoms with van der Waals surface area (Å²) in [6.07, 6.45) is 0.243. The Hall–Kier alpha value is -2.82. The van der Waals surface area contributed by atoms with Crippen LogP contribution in [0.5, 0.6) is 5.75 Å². The number of ether oxygens (including phenoxy) is 2. The lowest BCUT2D eigenvalue weighted by Gasteiger charge is -2.11. The van der Waals surface area contributed by atoms with Gasteiger partial charge in [0.05, 0.1) is 25.2 Å². The van der Waals surface area contributed by atoms with Crippen molar-refractivity contribution in [3.05, 3.63) is 59.2 Å². The monoisotopic (exact) mass is 341 g/mol. The van der Waals surface area contributed by atoms with Gasteiger partial charge in [-0.05, 0) is 62.2 Å². The molecule has 0 aliphatic rings. The first-order chi connectivity index (χ1) is 12.0. The van der Waals surface area contributed by atoms with Crippen LogP contribution in [0.15, 0.2) is 42.5 Å². The highest BCUT2D eigenvalue weighted by Gasteiger charge is 2.08. The quantitative estimate of drug-likeness (QED) is 0.776. The van der Waals surface area contributed by atoms with Crippen molar-refractivity contribution < 1.29 is 19.1 Å². The fourth-order valence-electron chi connectivity index (χ4n) is 2.26. The van der Waals surface area contributed by atoms with Crippen LogP contribution in [0.25, 0.3) is 0 Å². The highest BCUT2D eigenvalue weighted by Crippen LogP contribution is 2.20. The molecule has 0 heterocycles. The Bertz CT molecular complexity index is 738. The number of aryl methyl sites for hydroxylation is 1. The maximum atomic E-state index is 12.0. The van der Waals surface area contributed by atoms with Gasteiger partial charge >= 0.3 is 5.97 Å². The molecule has 0 radical (unpaired) electrons. The summed E-state index contributed by atoms with van der Waals surface area (Å²) in [5.74, 6) is 0.281. The van der Waals surface area contributed by atoms with Crippen molar-refractivity contribution in [1.29, 1.82) is 0 Å². The maximum Gasteiger partial charge on any atom is 0.338 e. The van der Waals surface area contributed by atoms with Crippen molar-refractivity contribution in [2.45, 2.75) is 27.2 Å². The second-order valence-corrected chi connectivity index (χ2v) is 5.64. The van der Waals surface area contributed by atoms with Crippen molar-refractivity contribution in [2.24, 2.45) is 0 Å². The van der Waals surface area contributed by atoms with Gasteiger partial charge in [0.2, 0.25) is 5.91 Å². The summed E-state index contributed by atoms with van der Waals surface area (Å²) in [6.45, 7) is 6.41. The largest absolute Gasteiger partial charge is 0.493 e. The van der Waals surface area contributed by atoms with Gasteiger partial charge in [-0.15, -0.1) is 0 Å². The summed E-state index contributed by atoms with van der Waals surface area (Å²) >= 11 is 0. The van der Waals surface area contributed by atoms with E-state index in [1.807, 2.05) is 32.0 Å². The SMILES string of the molecule is CCOC(=O)c1ccc(NC(=O)CCOc2cccc(C)c2C)cc1. The second-order valence-electron chi connectivity index (χ2n) is 5.64. The number of amides is 1. The number of nitrogens with one attached hydrogen (secondary N) is 1. The summed E-state index contributed by atoms with van der Waals surface area (Å²) in [7, 11) is 0. The summed E-state index contributed by atoms with van der Waals surface area (Å²) in [4.78, 5) is 23.6. The number of carbonyl (C=O) groups excluding carboxylic acids is 2. The van der Waals surface area contributed by atoms with E-state index in [-0.39, 0.29) is 18.3 Å². The third kappa shape index (κ3) is 5.35. The molecule has 0 saturated carbocycles. The van der Waals surface area contributed by atoms with Crippen LogP contribution in [0.2, 0.25) is 0 Å². The average molecular weight is 341 g/mol. The molecule has 1 N–H and O–H groups in total. The van der Waals surface area contributed by atoms with E-state index in [0.717, 1.165) is 16.9 Å². The standard InChI is InChI=1S/C20H23NO4/c1-4-24-20(23)16-8-10-17(11-9-16)21-19(22)12-13-25-18-7-5-6-14(2)15(18)3/h5-11H,4,12-13H2,1-3H3,(H,21,22). The molecular weight excluding hydrogens is 318 g/mol. The van der Waals surface area contributed by atoms with E-state index in [1.165, 1.54) is 0 Å². The molecule has 5 heteroatoms. The molecule has 132 valence electrons. The van der Waals surface area contributed by atoms with Crippen molar-refractivity contribution in [2.75, 3.05) is 18.5 Å². The fraction of sp³-hybridized carbons (Fsp3) is 0.300. The highest BCUT2D eigenvalue weighted by atomic mass is 16.5. The van der Waals surface area contributed by atoms with E-state index in [0.29, 0.717) is 24.5 Å². The second kappa shape index (κ2) is 8.87. The minimum absolute atomic E-state index is 0.144. The zero-order chi connectivity index (χ0) is 18.2. The lowest BCUT2D eigenvalue weighted by Crippen LogP contribution is -2.15. The predicted molar refractivity (Wildman–Crippen MR) is 97.1 cm³/mol. The predicted octanol–water partition coefficient (Wildman–Crippen LogP) is 3.89. The smallest absolute Gasteiger partial charge is 0.338 e. The van der Waals surface area contributed by atoms with E-state index in [1.54, 1.807) is 31.2 Å². The Morgan fingerprint density at radius 2 is 1.76 bits per heavy atom. The molecular formula is C20H23NO4. The van der Waals surface area contributed by atoms with Gasteiger partial charge in [-0.1, -0.05) is 12.1 Å². The van der Waals surface area contributed by atoms with Crippen LogP contribution in [0.1, 0.15) is 34.8 Å². The zero-order valence-electron chi connectivity index (χ0n) is 14.8. The van der Waals surface area contributed by atoms with Gasteiger partial charge in [-0.3, -0.25) is 4.79 Å². The van der Waals surface area contributed by atoms with Crippen LogP contribution in [0, 0.1) is 13.8 Å². The maximum absolute atomic E-state index is 12.0. The van der Waals surface area contributed by atoms with Crippen molar-refractivity contribution in [1.82, 2.24) is 0 Å². The molecule has 0 aliphatic carbocycles. The zero-order valence-corrected chi connectivity index (χ0v) is 14.8. The van der Waals surface area contributed by atoms with E-state index in [9.17, 15) is 9.59 Å². The van der Waals surface area contributed by atoms with Gasteiger partial charge < -0.3 is 14.8 Å². The van der Waals surface area contributed by atoms with Crippen LogP contribution < -0.4 is 10.1 Å². The Kier molecular flexibility index (Phi) is 6.57. The number of carbonyl (C=O) groups is 2. The van der Waals surface area contributed by atoms with Crippen molar-refractivity contribution in [3.63, 3.8) is 0 Å². The third-order valence-electron chi connectivity index (χ3n) is 3.82. The molecule has 2 aromatic carbocycles. The highest BCUT2D eigenvalue weighted by molar-refractivity contribution is 5.93. The molecule has 0 spiro atoms. The van der Waals surface area contributed by atoms with Gasteiger partial charge in [-0.25, -0.2) is 4.79 Å². The summed E-state index contributed by atoms with van der Waals surface area (Å²) in [5, 5.41) is 2.78. The van der Waals surface area contributed by atoms with Gasteiger partial charge in [0, 0.05) is 5.69 Å². The molecule has 0 aliphatic heterocycles. The average Bonchev–Trinajstić information content (AvgIpc) is 2.59. The third-order valence-corrected chi connectivity index (χ3v) is 3.82.